The zero-order chi connectivity index (χ0) is 19.5. The van der Waals surface area contributed by atoms with Crippen molar-refractivity contribution in [3.63, 3.8) is 0 Å². The number of nitrogens with one attached hydrogen (secondary N) is 1. The van der Waals surface area contributed by atoms with E-state index < -0.39 is 0 Å². The van der Waals surface area contributed by atoms with Gasteiger partial charge in [0.2, 0.25) is 4.96 Å². The normalized spacial score (nSPS) is 10.9. The van der Waals surface area contributed by atoms with E-state index in [1.54, 1.807) is 12.1 Å². The van der Waals surface area contributed by atoms with Crippen LogP contribution >= 0.6 is 23.1 Å². The molecule has 0 unspecified atom stereocenters. The molecule has 2 aromatic carbocycles. The number of fused-ring (bicyclic) bond motifs is 1. The van der Waals surface area contributed by atoms with Gasteiger partial charge in [-0.2, -0.15) is 9.61 Å². The second-order valence-corrected chi connectivity index (χ2v) is 8.18. The molecule has 0 bridgehead atoms. The van der Waals surface area contributed by atoms with Crippen LogP contribution in [0.1, 0.15) is 21.1 Å². The molecule has 6 nitrogen and oxygen atoms in total. The standard InChI is InChI=1S/C20H16N4O2S2/c1-13-23-24-18(25)11-15(21-20(24)28-13)12-27-17-10-6-5-9-16(17)22-19(26)14-7-3-2-4-8-14/h2-11H,12H2,1H3,(H,22,26). The Morgan fingerprint density at radius 1 is 1.14 bits per heavy atom. The van der Waals surface area contributed by atoms with Crippen molar-refractivity contribution in [2.24, 2.45) is 0 Å². The highest BCUT2D eigenvalue weighted by molar-refractivity contribution is 7.98. The van der Waals surface area contributed by atoms with Crippen molar-refractivity contribution in [2.45, 2.75) is 17.6 Å². The monoisotopic (exact) mass is 408 g/mol. The summed E-state index contributed by atoms with van der Waals surface area (Å²) in [6.45, 7) is 1.85. The quantitative estimate of drug-likeness (QED) is 0.505. The number of nitrogens with zero attached hydrogens (tertiary/aromatic N) is 3. The van der Waals surface area contributed by atoms with Crippen LogP contribution in [0.4, 0.5) is 5.69 Å². The molecule has 1 amide bonds. The number of carbonyl (C=O) groups excluding carboxylic acids is 1. The van der Waals surface area contributed by atoms with Gasteiger partial charge in [-0.1, -0.05) is 41.7 Å². The number of hydrogen-bond acceptors (Lipinski definition) is 6. The van der Waals surface area contributed by atoms with Crippen molar-refractivity contribution in [1.82, 2.24) is 14.6 Å². The van der Waals surface area contributed by atoms with E-state index in [1.807, 2.05) is 49.4 Å². The molecule has 0 spiro atoms. The van der Waals surface area contributed by atoms with E-state index in [9.17, 15) is 9.59 Å². The first-order valence-corrected chi connectivity index (χ1v) is 10.3. The summed E-state index contributed by atoms with van der Waals surface area (Å²) >= 11 is 2.91. The molecule has 4 rings (SSSR count). The summed E-state index contributed by atoms with van der Waals surface area (Å²) in [4.78, 5) is 30.7. The second kappa shape index (κ2) is 7.95. The average Bonchev–Trinajstić information content (AvgIpc) is 3.09. The van der Waals surface area contributed by atoms with Crippen molar-refractivity contribution >= 4 is 39.7 Å². The van der Waals surface area contributed by atoms with Crippen molar-refractivity contribution in [3.8, 4) is 0 Å². The van der Waals surface area contributed by atoms with Crippen LogP contribution in [0.3, 0.4) is 0 Å². The Hall–Kier alpha value is -2.97. The number of aryl methyl sites for hydroxylation is 1. The number of amides is 1. The first kappa shape index (κ1) is 18.4. The Bertz CT molecular complexity index is 1200. The molecular formula is C20H16N4O2S2. The molecule has 0 radical (unpaired) electrons. The van der Waals surface area contributed by atoms with Crippen LogP contribution in [-0.2, 0) is 5.75 Å². The third-order valence-electron chi connectivity index (χ3n) is 3.95. The molecule has 28 heavy (non-hydrogen) atoms. The van der Waals surface area contributed by atoms with Gasteiger partial charge >= 0.3 is 0 Å². The number of para-hydroxylation sites is 1. The minimum atomic E-state index is -0.185. The number of hydrogen-bond donors (Lipinski definition) is 1. The number of thioether (sulfide) groups is 1. The van der Waals surface area contributed by atoms with Gasteiger partial charge in [-0.25, -0.2) is 4.98 Å². The second-order valence-electron chi connectivity index (χ2n) is 6.01. The minimum absolute atomic E-state index is 0.161. The van der Waals surface area contributed by atoms with Crippen molar-refractivity contribution in [3.05, 3.63) is 87.3 Å². The molecule has 0 atom stereocenters. The minimum Gasteiger partial charge on any atom is -0.321 e. The Labute approximate surface area is 169 Å². The van der Waals surface area contributed by atoms with Crippen molar-refractivity contribution < 1.29 is 4.79 Å². The van der Waals surface area contributed by atoms with E-state index in [1.165, 1.54) is 33.7 Å². The maximum Gasteiger partial charge on any atom is 0.275 e. The molecule has 140 valence electrons. The fourth-order valence-corrected chi connectivity index (χ4v) is 4.32. The van der Waals surface area contributed by atoms with Crippen LogP contribution < -0.4 is 10.9 Å². The molecule has 0 aliphatic rings. The van der Waals surface area contributed by atoms with Gasteiger partial charge in [-0.05, 0) is 31.2 Å². The Morgan fingerprint density at radius 3 is 2.71 bits per heavy atom. The number of anilines is 1. The molecule has 0 saturated heterocycles. The summed E-state index contributed by atoms with van der Waals surface area (Å²) in [5, 5.41) is 7.90. The molecule has 0 aliphatic carbocycles. The third kappa shape index (κ3) is 3.97. The van der Waals surface area contributed by atoms with E-state index >= 15 is 0 Å². The molecule has 0 aliphatic heterocycles. The van der Waals surface area contributed by atoms with E-state index in [2.05, 4.69) is 15.4 Å². The smallest absolute Gasteiger partial charge is 0.275 e. The number of carbonyl (C=O) groups is 1. The maximum absolute atomic E-state index is 12.5. The van der Waals surface area contributed by atoms with Gasteiger partial charge in [0, 0.05) is 22.3 Å². The van der Waals surface area contributed by atoms with Gasteiger partial charge < -0.3 is 5.32 Å². The highest BCUT2D eigenvalue weighted by Crippen LogP contribution is 2.29. The van der Waals surface area contributed by atoms with Gasteiger partial charge in [-0.15, -0.1) is 11.8 Å². The Balaban J connectivity index is 1.53. The molecule has 2 heterocycles. The lowest BCUT2D eigenvalue weighted by atomic mass is 10.2. The lowest BCUT2D eigenvalue weighted by molar-refractivity contribution is 0.102. The largest absolute Gasteiger partial charge is 0.321 e. The SMILES string of the molecule is Cc1nn2c(=O)cc(CSc3ccccc3NC(=O)c3ccccc3)nc2s1. The average molecular weight is 409 g/mol. The summed E-state index contributed by atoms with van der Waals surface area (Å²) < 4.78 is 1.32. The maximum atomic E-state index is 12.5. The molecule has 4 aromatic rings. The van der Waals surface area contributed by atoms with Crippen LogP contribution in [0.5, 0.6) is 0 Å². The van der Waals surface area contributed by atoms with E-state index in [0.29, 0.717) is 22.0 Å². The van der Waals surface area contributed by atoms with E-state index in [0.717, 1.165) is 15.6 Å². The zero-order valence-corrected chi connectivity index (χ0v) is 16.6. The molecule has 8 heteroatoms. The zero-order valence-electron chi connectivity index (χ0n) is 15.0. The van der Waals surface area contributed by atoms with Crippen molar-refractivity contribution in [1.29, 1.82) is 0 Å². The third-order valence-corrected chi connectivity index (χ3v) is 5.88. The summed E-state index contributed by atoms with van der Waals surface area (Å²) in [7, 11) is 0. The van der Waals surface area contributed by atoms with Crippen molar-refractivity contribution in [2.75, 3.05) is 5.32 Å². The fraction of sp³-hybridized carbons (Fsp3) is 0.100. The van der Waals surface area contributed by atoms with Gasteiger partial charge in [0.1, 0.15) is 5.01 Å². The lowest BCUT2D eigenvalue weighted by Gasteiger charge is -2.10. The predicted molar refractivity (Wildman–Crippen MR) is 112 cm³/mol. The topological polar surface area (TPSA) is 76.4 Å². The summed E-state index contributed by atoms with van der Waals surface area (Å²) in [6.07, 6.45) is 0. The van der Waals surface area contributed by atoms with E-state index in [-0.39, 0.29) is 11.5 Å². The van der Waals surface area contributed by atoms with Crippen LogP contribution in [0.15, 0.2) is 70.4 Å². The first-order valence-electron chi connectivity index (χ1n) is 8.55. The molecular weight excluding hydrogens is 392 g/mol. The van der Waals surface area contributed by atoms with Crippen LogP contribution in [-0.4, -0.2) is 20.5 Å². The van der Waals surface area contributed by atoms with Gasteiger partial charge in [0.15, 0.2) is 0 Å². The molecule has 2 aromatic heterocycles. The number of benzene rings is 2. The highest BCUT2D eigenvalue weighted by atomic mass is 32.2. The molecule has 0 fully saturated rings. The fourth-order valence-electron chi connectivity index (χ4n) is 2.66. The van der Waals surface area contributed by atoms with Gasteiger partial charge in [0.05, 0.1) is 11.4 Å². The Morgan fingerprint density at radius 2 is 1.89 bits per heavy atom. The molecule has 1 N–H and O–H groups in total. The van der Waals surface area contributed by atoms with Gasteiger partial charge in [-0.3, -0.25) is 9.59 Å². The van der Waals surface area contributed by atoms with Gasteiger partial charge in [0.25, 0.3) is 11.5 Å². The summed E-state index contributed by atoms with van der Waals surface area (Å²) in [6, 6.07) is 18.2. The predicted octanol–water partition coefficient (Wildman–Crippen LogP) is 4.00. The van der Waals surface area contributed by atoms with Crippen LogP contribution in [0.2, 0.25) is 0 Å². The van der Waals surface area contributed by atoms with E-state index in [4.69, 9.17) is 0 Å². The molecule has 0 saturated carbocycles. The number of rotatable bonds is 5. The van der Waals surface area contributed by atoms with Crippen LogP contribution in [0, 0.1) is 6.92 Å². The Kier molecular flexibility index (Phi) is 5.23. The summed E-state index contributed by atoms with van der Waals surface area (Å²) in [5.41, 5.74) is 1.83. The van der Waals surface area contributed by atoms with Crippen LogP contribution in [0.25, 0.3) is 4.96 Å². The first-order chi connectivity index (χ1) is 13.6. The summed E-state index contributed by atoms with van der Waals surface area (Å²) in [5.74, 6) is 0.354. The highest BCUT2D eigenvalue weighted by Gasteiger charge is 2.11. The number of aromatic nitrogens is 3. The lowest BCUT2D eigenvalue weighted by Crippen LogP contribution is -2.15.